The molecule has 2 N–H and O–H groups in total. The third kappa shape index (κ3) is 3.15. The number of piperazine rings is 1. The van der Waals surface area contributed by atoms with E-state index in [1.807, 2.05) is 12.1 Å². The smallest absolute Gasteiger partial charge is 0.292 e. The number of carbonyl (C=O) groups excluding carboxylic acids is 2. The van der Waals surface area contributed by atoms with Crippen LogP contribution >= 0.6 is 0 Å². The number of rotatable bonds is 3. The van der Waals surface area contributed by atoms with E-state index in [0.29, 0.717) is 17.2 Å². The van der Waals surface area contributed by atoms with Crippen molar-refractivity contribution in [3.05, 3.63) is 42.5 Å². The van der Waals surface area contributed by atoms with Crippen molar-refractivity contribution >= 4 is 23.2 Å². The maximum Gasteiger partial charge on any atom is 0.292 e. The number of anilines is 2. The van der Waals surface area contributed by atoms with Crippen LogP contribution in [-0.2, 0) is 9.59 Å². The lowest BCUT2D eigenvalue weighted by molar-refractivity contribution is -0.915. The number of ether oxygens (including phenoxy) is 2. The molecule has 0 bridgehead atoms. The zero-order valence-electron chi connectivity index (χ0n) is 15.8. The van der Waals surface area contributed by atoms with Crippen LogP contribution in [0.4, 0.5) is 11.4 Å². The van der Waals surface area contributed by atoms with Crippen molar-refractivity contribution in [1.82, 2.24) is 0 Å². The van der Waals surface area contributed by atoms with Gasteiger partial charge in [0, 0.05) is 11.8 Å². The highest BCUT2D eigenvalue weighted by atomic mass is 16.7. The Morgan fingerprint density at radius 2 is 1.62 bits per heavy atom. The number of hydrogen-bond donors (Lipinski definition) is 2. The first-order chi connectivity index (χ1) is 14.1. The zero-order chi connectivity index (χ0) is 20.0. The Hall–Kier alpha value is -3.26. The van der Waals surface area contributed by atoms with Gasteiger partial charge in [-0.15, -0.1) is 0 Å². The van der Waals surface area contributed by atoms with Gasteiger partial charge in [0.15, 0.2) is 17.5 Å². The maximum atomic E-state index is 13.1. The number of benzene rings is 2. The fourth-order valence-corrected chi connectivity index (χ4v) is 4.31. The molecular formula is C21H22N3O5+. The molecule has 2 fully saturated rings. The van der Waals surface area contributed by atoms with Gasteiger partial charge in [0.1, 0.15) is 5.75 Å². The van der Waals surface area contributed by atoms with Crippen LogP contribution in [0.2, 0.25) is 0 Å². The standard InChI is InChI=1S/C21H21N3O5/c25-16-4-1-14(2-5-16)22-7-9-23(10-8-22)17-12-20(26)24(21(17)27)15-3-6-18-19(11-15)29-13-28-18/h1-6,11,17,25H,7-10,12-13H2/p+1/t17-/m1/s1. The predicted octanol–water partition coefficient (Wildman–Crippen LogP) is 0.158. The molecule has 2 aromatic carbocycles. The van der Waals surface area contributed by atoms with Crippen molar-refractivity contribution in [3.8, 4) is 17.2 Å². The van der Waals surface area contributed by atoms with Gasteiger partial charge in [-0.3, -0.25) is 9.59 Å². The highest BCUT2D eigenvalue weighted by molar-refractivity contribution is 6.22. The zero-order valence-corrected chi connectivity index (χ0v) is 15.8. The summed E-state index contributed by atoms with van der Waals surface area (Å²) in [4.78, 5) is 30.4. The summed E-state index contributed by atoms with van der Waals surface area (Å²) in [6.45, 7) is 3.29. The van der Waals surface area contributed by atoms with Gasteiger partial charge in [0.25, 0.3) is 5.91 Å². The summed E-state index contributed by atoms with van der Waals surface area (Å²) in [6.07, 6.45) is 0.224. The average Bonchev–Trinajstić information content (AvgIpc) is 3.32. The lowest BCUT2D eigenvalue weighted by Gasteiger charge is -2.35. The number of quaternary nitrogens is 1. The van der Waals surface area contributed by atoms with Crippen LogP contribution in [-0.4, -0.2) is 55.9 Å². The molecule has 0 saturated carbocycles. The summed E-state index contributed by atoms with van der Waals surface area (Å²) in [5.41, 5.74) is 1.59. The second-order valence-corrected chi connectivity index (χ2v) is 7.52. The van der Waals surface area contributed by atoms with Crippen LogP contribution in [0.5, 0.6) is 17.2 Å². The molecule has 3 heterocycles. The normalized spacial score (nSPS) is 21.9. The molecule has 8 heteroatoms. The first-order valence-corrected chi connectivity index (χ1v) is 9.75. The van der Waals surface area contributed by atoms with Gasteiger partial charge in [-0.1, -0.05) is 0 Å². The number of imide groups is 1. The molecule has 2 saturated heterocycles. The Labute approximate surface area is 167 Å². The number of nitrogens with zero attached hydrogens (tertiary/aromatic N) is 2. The van der Waals surface area contributed by atoms with Crippen LogP contribution in [0.3, 0.4) is 0 Å². The fraction of sp³-hybridized carbons (Fsp3) is 0.333. The summed E-state index contributed by atoms with van der Waals surface area (Å²) >= 11 is 0. The Morgan fingerprint density at radius 1 is 0.931 bits per heavy atom. The molecule has 8 nitrogen and oxygen atoms in total. The van der Waals surface area contributed by atoms with Crippen LogP contribution < -0.4 is 24.2 Å². The Kier molecular flexibility index (Phi) is 4.28. The Balaban J connectivity index is 1.27. The van der Waals surface area contributed by atoms with Gasteiger partial charge in [0.2, 0.25) is 12.7 Å². The van der Waals surface area contributed by atoms with Gasteiger partial charge < -0.3 is 24.4 Å². The summed E-state index contributed by atoms with van der Waals surface area (Å²) in [7, 11) is 0. The van der Waals surface area contributed by atoms with Crippen molar-refractivity contribution < 1.29 is 29.1 Å². The third-order valence-corrected chi connectivity index (χ3v) is 5.87. The van der Waals surface area contributed by atoms with Crippen molar-refractivity contribution in [2.24, 2.45) is 0 Å². The van der Waals surface area contributed by atoms with Crippen molar-refractivity contribution in [3.63, 3.8) is 0 Å². The summed E-state index contributed by atoms with van der Waals surface area (Å²) in [6, 6.07) is 11.9. The molecule has 0 radical (unpaired) electrons. The summed E-state index contributed by atoms with van der Waals surface area (Å²) in [5.74, 6) is 1.10. The molecule has 150 valence electrons. The van der Waals surface area contributed by atoms with E-state index in [0.717, 1.165) is 36.8 Å². The van der Waals surface area contributed by atoms with Crippen LogP contribution in [0.25, 0.3) is 0 Å². The van der Waals surface area contributed by atoms with E-state index in [-0.39, 0.29) is 36.8 Å². The number of aromatic hydroxyl groups is 1. The topological polar surface area (TPSA) is 83.8 Å². The lowest BCUT2D eigenvalue weighted by Crippen LogP contribution is -3.19. The van der Waals surface area contributed by atoms with E-state index in [4.69, 9.17) is 9.47 Å². The molecule has 2 amide bonds. The van der Waals surface area contributed by atoms with Gasteiger partial charge in [-0.25, -0.2) is 4.90 Å². The molecule has 0 aliphatic carbocycles. The molecule has 2 aromatic rings. The second-order valence-electron chi connectivity index (χ2n) is 7.52. The van der Waals surface area contributed by atoms with Gasteiger partial charge in [-0.2, -0.15) is 0 Å². The molecule has 29 heavy (non-hydrogen) atoms. The molecular weight excluding hydrogens is 374 g/mol. The molecule has 0 spiro atoms. The molecule has 5 rings (SSSR count). The van der Waals surface area contributed by atoms with Crippen LogP contribution in [0.1, 0.15) is 6.42 Å². The van der Waals surface area contributed by atoms with E-state index in [2.05, 4.69) is 4.90 Å². The number of fused-ring (bicyclic) bond motifs is 1. The first-order valence-electron chi connectivity index (χ1n) is 9.75. The van der Waals surface area contributed by atoms with Crippen molar-refractivity contribution in [2.75, 3.05) is 42.8 Å². The largest absolute Gasteiger partial charge is 0.508 e. The highest BCUT2D eigenvalue weighted by Gasteiger charge is 2.46. The maximum absolute atomic E-state index is 13.1. The van der Waals surface area contributed by atoms with E-state index in [1.54, 1.807) is 30.3 Å². The summed E-state index contributed by atoms with van der Waals surface area (Å²) < 4.78 is 10.7. The number of carbonyl (C=O) groups is 2. The molecule has 3 aliphatic rings. The average molecular weight is 396 g/mol. The first kappa shape index (κ1) is 17.8. The van der Waals surface area contributed by atoms with E-state index in [9.17, 15) is 14.7 Å². The third-order valence-electron chi connectivity index (χ3n) is 5.87. The van der Waals surface area contributed by atoms with E-state index >= 15 is 0 Å². The van der Waals surface area contributed by atoms with Crippen molar-refractivity contribution in [2.45, 2.75) is 12.5 Å². The van der Waals surface area contributed by atoms with Gasteiger partial charge in [0.05, 0.1) is 38.3 Å². The molecule has 3 aliphatic heterocycles. The minimum absolute atomic E-state index is 0.151. The van der Waals surface area contributed by atoms with Gasteiger partial charge >= 0.3 is 0 Å². The second kappa shape index (κ2) is 6.97. The monoisotopic (exact) mass is 396 g/mol. The Morgan fingerprint density at radius 3 is 2.38 bits per heavy atom. The Bertz CT molecular complexity index is 953. The van der Waals surface area contributed by atoms with E-state index in [1.165, 1.54) is 4.90 Å². The number of nitrogens with one attached hydrogen (secondary N) is 1. The minimum Gasteiger partial charge on any atom is -0.508 e. The predicted molar refractivity (Wildman–Crippen MR) is 104 cm³/mol. The number of hydrogen-bond acceptors (Lipinski definition) is 6. The molecule has 1 atom stereocenters. The van der Waals surface area contributed by atoms with Crippen molar-refractivity contribution in [1.29, 1.82) is 0 Å². The fourth-order valence-electron chi connectivity index (χ4n) is 4.31. The van der Waals surface area contributed by atoms with Crippen LogP contribution in [0, 0.1) is 0 Å². The van der Waals surface area contributed by atoms with Crippen LogP contribution in [0.15, 0.2) is 42.5 Å². The van der Waals surface area contributed by atoms with E-state index < -0.39 is 0 Å². The highest BCUT2D eigenvalue weighted by Crippen LogP contribution is 2.36. The lowest BCUT2D eigenvalue weighted by atomic mass is 10.1. The minimum atomic E-state index is -0.352. The molecule has 0 aromatic heterocycles. The number of amides is 2. The van der Waals surface area contributed by atoms with Gasteiger partial charge in [-0.05, 0) is 36.4 Å². The summed E-state index contributed by atoms with van der Waals surface area (Å²) in [5, 5.41) is 9.45. The quantitative estimate of drug-likeness (QED) is 0.719. The number of phenols is 1. The number of phenolic OH excluding ortho intramolecular Hbond substituents is 1. The SMILES string of the molecule is O=C1C[C@@H]([NH+]2CCN(c3ccc(O)cc3)CC2)C(=O)N1c1ccc2c(c1)OCO2. The molecule has 0 unspecified atom stereocenters.